The van der Waals surface area contributed by atoms with Crippen molar-refractivity contribution < 1.29 is 8.91 Å². The van der Waals surface area contributed by atoms with Gasteiger partial charge in [0, 0.05) is 19.2 Å². The third-order valence-electron chi connectivity index (χ3n) is 4.60. The molecule has 0 atom stereocenters. The molecule has 0 aliphatic rings. The number of H-pyrrole nitrogens is 1. The van der Waals surface area contributed by atoms with Crippen LogP contribution in [-0.4, -0.2) is 26.7 Å². The van der Waals surface area contributed by atoms with E-state index < -0.39 is 11.2 Å². The third-order valence-corrected chi connectivity index (χ3v) is 4.60. The number of unbranched alkanes of at least 4 members (excludes halogenated alkanes) is 1. The van der Waals surface area contributed by atoms with Crippen molar-refractivity contribution in [1.82, 2.24) is 19.7 Å². The molecule has 0 aliphatic carbocycles. The van der Waals surface area contributed by atoms with Crippen molar-refractivity contribution in [1.29, 1.82) is 0 Å². The van der Waals surface area contributed by atoms with E-state index in [4.69, 9.17) is 10.3 Å². The fourth-order valence-corrected chi connectivity index (χ4v) is 2.93. The topological polar surface area (TPSA) is 123 Å². The highest BCUT2D eigenvalue weighted by molar-refractivity contribution is 5.62. The average molecular weight is 402 g/mol. The minimum atomic E-state index is -0.594. The maximum Gasteiger partial charge on any atom is 0.330 e. The summed E-state index contributed by atoms with van der Waals surface area (Å²) in [5.74, 6) is 0.172. The maximum absolute atomic E-state index is 13.8. The summed E-state index contributed by atoms with van der Waals surface area (Å²) in [5.41, 5.74) is 6.11. The monoisotopic (exact) mass is 402 g/mol. The minimum Gasteiger partial charge on any atom is -0.383 e. The van der Waals surface area contributed by atoms with Gasteiger partial charge < -0.3 is 15.2 Å². The molecule has 0 saturated carbocycles. The molecule has 3 rings (SSSR count). The van der Waals surface area contributed by atoms with Crippen LogP contribution >= 0.6 is 0 Å². The van der Waals surface area contributed by atoms with Crippen LogP contribution < -0.4 is 21.9 Å². The lowest BCUT2D eigenvalue weighted by atomic mass is 10.1. The fourth-order valence-electron chi connectivity index (χ4n) is 2.93. The summed E-state index contributed by atoms with van der Waals surface area (Å²) in [6, 6.07) is 4.66. The van der Waals surface area contributed by atoms with E-state index in [0.29, 0.717) is 17.7 Å². The van der Waals surface area contributed by atoms with Crippen molar-refractivity contribution in [3.05, 3.63) is 56.3 Å². The van der Waals surface area contributed by atoms with Gasteiger partial charge in [0.1, 0.15) is 17.3 Å². The van der Waals surface area contributed by atoms with Crippen LogP contribution in [0.15, 0.2) is 32.3 Å². The van der Waals surface area contributed by atoms with Gasteiger partial charge in [-0.3, -0.25) is 14.3 Å². The summed E-state index contributed by atoms with van der Waals surface area (Å²) >= 11 is 0. The molecule has 3 aromatic rings. The lowest BCUT2D eigenvalue weighted by Crippen LogP contribution is -2.37. The number of nitrogens with zero attached hydrogens (tertiary/aromatic N) is 4. The first kappa shape index (κ1) is 20.3. The highest BCUT2D eigenvalue weighted by Crippen LogP contribution is 2.21. The molecule has 3 N–H and O–H groups in total. The van der Waals surface area contributed by atoms with Crippen LogP contribution in [0.4, 0.5) is 15.9 Å². The number of hydrogen-bond donors (Lipinski definition) is 2. The molecule has 29 heavy (non-hydrogen) atoms. The third kappa shape index (κ3) is 4.20. The smallest absolute Gasteiger partial charge is 0.330 e. The number of anilines is 2. The summed E-state index contributed by atoms with van der Waals surface area (Å²) < 4.78 is 20.3. The molecule has 0 spiro atoms. The van der Waals surface area contributed by atoms with Gasteiger partial charge in [-0.1, -0.05) is 30.6 Å². The van der Waals surface area contributed by atoms with Gasteiger partial charge >= 0.3 is 5.69 Å². The highest BCUT2D eigenvalue weighted by Gasteiger charge is 2.19. The van der Waals surface area contributed by atoms with E-state index in [2.05, 4.69) is 15.1 Å². The lowest BCUT2D eigenvalue weighted by molar-refractivity contribution is 0.378. The maximum atomic E-state index is 13.8. The Labute approximate surface area is 166 Å². The second-order valence-corrected chi connectivity index (χ2v) is 6.83. The van der Waals surface area contributed by atoms with E-state index in [1.165, 1.54) is 15.5 Å². The molecule has 0 saturated heterocycles. The highest BCUT2D eigenvalue weighted by atomic mass is 19.1. The first-order chi connectivity index (χ1) is 13.8. The van der Waals surface area contributed by atoms with E-state index in [1.54, 1.807) is 26.1 Å². The average Bonchev–Trinajstić information content (AvgIpc) is 3.12. The first-order valence-electron chi connectivity index (χ1n) is 9.24. The van der Waals surface area contributed by atoms with Crippen LogP contribution in [0.3, 0.4) is 0 Å². The molecule has 0 bridgehead atoms. The van der Waals surface area contributed by atoms with Gasteiger partial charge in [-0.15, -0.1) is 0 Å². The van der Waals surface area contributed by atoms with Gasteiger partial charge in [0.05, 0.1) is 6.54 Å². The molecule has 2 aromatic heterocycles. The van der Waals surface area contributed by atoms with E-state index in [9.17, 15) is 14.0 Å². The minimum absolute atomic E-state index is 0.0787. The van der Waals surface area contributed by atoms with Gasteiger partial charge in [-0.2, -0.15) is 4.98 Å². The number of nitrogens with two attached hydrogens (primary N) is 1. The molecule has 0 aliphatic heterocycles. The number of aromatic nitrogens is 4. The molecule has 0 unspecified atom stereocenters. The Hall–Kier alpha value is -3.43. The normalized spacial score (nSPS) is 11.0. The van der Waals surface area contributed by atoms with Gasteiger partial charge in [-0.25, -0.2) is 9.18 Å². The molecule has 154 valence electrons. The number of aryl methyl sites for hydroxylation is 1. The van der Waals surface area contributed by atoms with Crippen molar-refractivity contribution in [3.8, 4) is 11.4 Å². The van der Waals surface area contributed by atoms with Crippen LogP contribution in [0.2, 0.25) is 0 Å². The van der Waals surface area contributed by atoms with Crippen LogP contribution in [0.1, 0.15) is 31.2 Å². The van der Waals surface area contributed by atoms with Crippen LogP contribution in [0.25, 0.3) is 11.4 Å². The van der Waals surface area contributed by atoms with Crippen molar-refractivity contribution in [2.45, 2.75) is 39.8 Å². The van der Waals surface area contributed by atoms with Crippen molar-refractivity contribution in [3.63, 3.8) is 0 Å². The molecule has 0 fully saturated rings. The number of halogens is 1. The standard InChI is InChI=1S/C19H23FN6O3/c1-4-5-8-26-16(21)15(18(27)23-19(26)28)25(3)10-14-22-17(24-29-14)12-7-6-11(2)13(20)9-12/h6-7,9H,4-5,8,10,21H2,1-3H3,(H,23,27,28). The van der Waals surface area contributed by atoms with Crippen molar-refractivity contribution >= 4 is 11.5 Å². The predicted molar refractivity (Wildman–Crippen MR) is 107 cm³/mol. The van der Waals surface area contributed by atoms with Crippen LogP contribution in [0.5, 0.6) is 0 Å². The van der Waals surface area contributed by atoms with E-state index in [0.717, 1.165) is 12.8 Å². The van der Waals surface area contributed by atoms with Crippen molar-refractivity contribution in [2.24, 2.45) is 0 Å². The summed E-state index contributed by atoms with van der Waals surface area (Å²) in [5, 5.41) is 3.87. The Kier molecular flexibility index (Phi) is 5.81. The van der Waals surface area contributed by atoms with Crippen LogP contribution in [-0.2, 0) is 13.1 Å². The lowest BCUT2D eigenvalue weighted by Gasteiger charge is -2.20. The van der Waals surface area contributed by atoms with Gasteiger partial charge in [-0.05, 0) is 25.0 Å². The zero-order chi connectivity index (χ0) is 21.1. The molecule has 1 aromatic carbocycles. The Morgan fingerprint density at radius 3 is 2.79 bits per heavy atom. The molecule has 0 radical (unpaired) electrons. The van der Waals surface area contributed by atoms with E-state index in [-0.39, 0.29) is 35.6 Å². The van der Waals surface area contributed by atoms with E-state index in [1.807, 2.05) is 6.92 Å². The number of rotatable bonds is 7. The molecule has 0 amide bonds. The van der Waals surface area contributed by atoms with E-state index >= 15 is 0 Å². The fraction of sp³-hybridized carbons (Fsp3) is 0.368. The Bertz CT molecular complexity index is 1130. The number of hydrogen-bond acceptors (Lipinski definition) is 7. The molecular formula is C19H23FN6O3. The summed E-state index contributed by atoms with van der Waals surface area (Å²) in [6.45, 7) is 4.15. The van der Waals surface area contributed by atoms with Gasteiger partial charge in [0.2, 0.25) is 11.7 Å². The Balaban J connectivity index is 1.86. The largest absolute Gasteiger partial charge is 0.383 e. The summed E-state index contributed by atoms with van der Waals surface area (Å²) in [6.07, 6.45) is 1.62. The van der Waals surface area contributed by atoms with Crippen LogP contribution in [0, 0.1) is 12.7 Å². The molecule has 2 heterocycles. The molecule has 9 nitrogen and oxygen atoms in total. The molecule has 10 heteroatoms. The number of benzene rings is 1. The number of aromatic amines is 1. The zero-order valence-corrected chi connectivity index (χ0v) is 16.5. The Morgan fingerprint density at radius 2 is 2.10 bits per heavy atom. The SMILES string of the molecule is CCCCn1c(N)c(N(C)Cc2nc(-c3ccc(C)c(F)c3)no2)c(=O)[nH]c1=O. The van der Waals surface area contributed by atoms with Crippen molar-refractivity contribution in [2.75, 3.05) is 17.7 Å². The quantitative estimate of drug-likeness (QED) is 0.620. The van der Waals surface area contributed by atoms with Gasteiger partial charge in [0.25, 0.3) is 5.56 Å². The number of nitrogens with one attached hydrogen (secondary N) is 1. The zero-order valence-electron chi connectivity index (χ0n) is 16.5. The molecular weight excluding hydrogens is 379 g/mol. The number of nitrogen functional groups attached to an aromatic ring is 1. The summed E-state index contributed by atoms with van der Waals surface area (Å²) in [7, 11) is 1.63. The first-order valence-corrected chi connectivity index (χ1v) is 9.24. The Morgan fingerprint density at radius 1 is 1.34 bits per heavy atom. The second-order valence-electron chi connectivity index (χ2n) is 6.83. The predicted octanol–water partition coefficient (Wildman–Crippen LogP) is 2.05. The second kappa shape index (κ2) is 8.29. The summed E-state index contributed by atoms with van der Waals surface area (Å²) in [4.78, 5) is 32.4. The van der Waals surface area contributed by atoms with Gasteiger partial charge in [0.15, 0.2) is 0 Å².